The van der Waals surface area contributed by atoms with E-state index in [1.165, 1.54) is 43.2 Å². The Morgan fingerprint density at radius 2 is 0.889 bits per heavy atom. The molecule has 0 radical (unpaired) electrons. The third-order valence-electron chi connectivity index (χ3n) is 4.80. The predicted molar refractivity (Wildman–Crippen MR) is 117 cm³/mol. The van der Waals surface area contributed by atoms with Gasteiger partial charge in [-0.3, -0.25) is 0 Å². The summed E-state index contributed by atoms with van der Waals surface area (Å²) in [4.78, 5) is 2.55. The zero-order valence-corrected chi connectivity index (χ0v) is 16.5. The first-order valence-corrected chi connectivity index (χ1v) is 10.0. The fraction of sp³-hybridized carbons (Fsp3) is 0.0769. The van der Waals surface area contributed by atoms with Crippen molar-refractivity contribution < 1.29 is 0 Å². The van der Waals surface area contributed by atoms with Crippen molar-refractivity contribution in [3.63, 3.8) is 0 Å². The first-order valence-electron chi connectivity index (χ1n) is 9.21. The van der Waals surface area contributed by atoms with Crippen LogP contribution < -0.4 is 0 Å². The van der Waals surface area contributed by atoms with Crippen molar-refractivity contribution in [2.24, 2.45) is 0 Å². The van der Waals surface area contributed by atoms with E-state index in [0.717, 1.165) is 0 Å². The quantitative estimate of drug-likeness (QED) is 0.355. The highest BCUT2D eigenvalue weighted by molar-refractivity contribution is 7.99. The van der Waals surface area contributed by atoms with E-state index in [9.17, 15) is 0 Å². The van der Waals surface area contributed by atoms with E-state index in [1.54, 1.807) is 0 Å². The molecule has 0 spiro atoms. The van der Waals surface area contributed by atoms with E-state index in [4.69, 9.17) is 0 Å². The Morgan fingerprint density at radius 1 is 0.481 bits per heavy atom. The molecule has 0 saturated carbocycles. The van der Waals surface area contributed by atoms with Crippen molar-refractivity contribution >= 4 is 11.8 Å². The first-order chi connectivity index (χ1) is 13.2. The summed E-state index contributed by atoms with van der Waals surface area (Å²) in [5.41, 5.74) is 7.77. The lowest BCUT2D eigenvalue weighted by molar-refractivity contribution is 1.32. The molecular weight excluding hydrogens is 344 g/mol. The maximum Gasteiger partial charge on any atom is 0.0125 e. The van der Waals surface area contributed by atoms with Gasteiger partial charge in [0.25, 0.3) is 0 Å². The van der Waals surface area contributed by atoms with E-state index in [0.29, 0.717) is 0 Å². The summed E-state index contributed by atoms with van der Waals surface area (Å²) in [6.45, 7) is 4.38. The van der Waals surface area contributed by atoms with Crippen LogP contribution in [0.15, 0.2) is 107 Å². The lowest BCUT2D eigenvalue weighted by Crippen LogP contribution is -1.86. The largest absolute Gasteiger partial charge is 0.0901 e. The summed E-state index contributed by atoms with van der Waals surface area (Å²) in [7, 11) is 0. The monoisotopic (exact) mass is 366 g/mol. The second-order valence-corrected chi connectivity index (χ2v) is 7.93. The summed E-state index contributed by atoms with van der Waals surface area (Å²) >= 11 is 1.82. The predicted octanol–water partition coefficient (Wildman–Crippen LogP) is 7.79. The Kier molecular flexibility index (Phi) is 5.13. The molecule has 0 aliphatic rings. The molecule has 0 aromatic heterocycles. The van der Waals surface area contributed by atoms with Crippen LogP contribution in [0.2, 0.25) is 0 Å². The number of hydrogen-bond acceptors (Lipinski definition) is 1. The summed E-state index contributed by atoms with van der Waals surface area (Å²) in [5.74, 6) is 0. The first kappa shape index (κ1) is 17.6. The van der Waals surface area contributed by atoms with Crippen LogP contribution in [0.4, 0.5) is 0 Å². The summed E-state index contributed by atoms with van der Waals surface area (Å²) in [6, 6.07) is 34.6. The van der Waals surface area contributed by atoms with Crippen LogP contribution in [0.25, 0.3) is 22.3 Å². The van der Waals surface area contributed by atoms with Gasteiger partial charge in [0.15, 0.2) is 0 Å². The highest BCUT2D eigenvalue weighted by Gasteiger charge is 2.06. The molecule has 0 nitrogen and oxygen atoms in total. The molecule has 0 N–H and O–H groups in total. The zero-order chi connectivity index (χ0) is 18.6. The third-order valence-corrected chi connectivity index (χ3v) is 5.78. The molecule has 4 aromatic rings. The lowest BCUT2D eigenvalue weighted by atomic mass is 10.0. The second-order valence-electron chi connectivity index (χ2n) is 6.79. The molecule has 0 bridgehead atoms. The lowest BCUT2D eigenvalue weighted by Gasteiger charge is -2.11. The minimum absolute atomic E-state index is 1.27. The van der Waals surface area contributed by atoms with Crippen molar-refractivity contribution in [1.29, 1.82) is 0 Å². The molecule has 0 fully saturated rings. The van der Waals surface area contributed by atoms with Crippen molar-refractivity contribution in [1.82, 2.24) is 0 Å². The van der Waals surface area contributed by atoms with Crippen LogP contribution in [-0.2, 0) is 0 Å². The highest BCUT2D eigenvalue weighted by atomic mass is 32.2. The molecule has 4 aromatic carbocycles. The van der Waals surface area contributed by atoms with Crippen LogP contribution in [0.1, 0.15) is 11.1 Å². The number of aryl methyl sites for hydroxylation is 2. The minimum atomic E-state index is 1.27. The van der Waals surface area contributed by atoms with E-state index in [-0.39, 0.29) is 0 Å². The average molecular weight is 367 g/mol. The van der Waals surface area contributed by atoms with Crippen LogP contribution in [-0.4, -0.2) is 0 Å². The van der Waals surface area contributed by atoms with Crippen LogP contribution in [0.5, 0.6) is 0 Å². The molecule has 1 heteroatoms. The zero-order valence-electron chi connectivity index (χ0n) is 15.6. The van der Waals surface area contributed by atoms with Gasteiger partial charge in [-0.15, -0.1) is 0 Å². The Bertz CT molecular complexity index is 963. The molecular formula is C26H22S. The standard InChI is InChI=1S/C26H22S/c1-19-17-23(13-15-25(19)21-9-5-3-6-10-21)27-24-14-16-26(20(2)18-24)22-11-7-4-8-12-22/h3-18H,1-2H3. The normalized spacial score (nSPS) is 10.7. The maximum atomic E-state index is 2.29. The van der Waals surface area contributed by atoms with Gasteiger partial charge in [0.1, 0.15) is 0 Å². The SMILES string of the molecule is Cc1cc(Sc2ccc(-c3ccccc3)c(C)c2)ccc1-c1ccccc1. The minimum Gasteiger partial charge on any atom is -0.0901 e. The Labute approximate surface area is 165 Å². The third kappa shape index (κ3) is 3.99. The van der Waals surface area contributed by atoms with Gasteiger partial charge in [-0.25, -0.2) is 0 Å². The topological polar surface area (TPSA) is 0 Å². The molecule has 0 heterocycles. The molecule has 132 valence electrons. The van der Waals surface area contributed by atoms with Gasteiger partial charge >= 0.3 is 0 Å². The fourth-order valence-electron chi connectivity index (χ4n) is 3.42. The van der Waals surface area contributed by atoms with Crippen LogP contribution >= 0.6 is 11.8 Å². The van der Waals surface area contributed by atoms with Gasteiger partial charge in [-0.1, -0.05) is 84.6 Å². The van der Waals surface area contributed by atoms with Crippen molar-refractivity contribution in [2.75, 3.05) is 0 Å². The smallest absolute Gasteiger partial charge is 0.0125 e. The molecule has 0 aliphatic heterocycles. The van der Waals surface area contributed by atoms with E-state index >= 15 is 0 Å². The second kappa shape index (κ2) is 7.85. The molecule has 0 unspecified atom stereocenters. The molecule has 27 heavy (non-hydrogen) atoms. The van der Waals surface area contributed by atoms with Gasteiger partial charge in [0.2, 0.25) is 0 Å². The van der Waals surface area contributed by atoms with Gasteiger partial charge in [0, 0.05) is 9.79 Å². The molecule has 0 atom stereocenters. The molecule has 0 aliphatic carbocycles. The summed E-state index contributed by atoms with van der Waals surface area (Å²) in [6.07, 6.45) is 0. The number of benzene rings is 4. The summed E-state index contributed by atoms with van der Waals surface area (Å²) in [5, 5.41) is 0. The number of hydrogen-bond donors (Lipinski definition) is 0. The van der Waals surface area contributed by atoms with Crippen molar-refractivity contribution in [2.45, 2.75) is 23.6 Å². The van der Waals surface area contributed by atoms with Gasteiger partial charge in [-0.2, -0.15) is 0 Å². The van der Waals surface area contributed by atoms with Gasteiger partial charge < -0.3 is 0 Å². The highest BCUT2D eigenvalue weighted by Crippen LogP contribution is 2.34. The molecule has 0 amide bonds. The van der Waals surface area contributed by atoms with Crippen LogP contribution in [0, 0.1) is 13.8 Å². The molecule has 4 rings (SSSR count). The Morgan fingerprint density at radius 3 is 1.26 bits per heavy atom. The van der Waals surface area contributed by atoms with E-state index in [2.05, 4.69) is 111 Å². The van der Waals surface area contributed by atoms with E-state index < -0.39 is 0 Å². The average Bonchev–Trinajstić information content (AvgIpc) is 2.70. The maximum absolute atomic E-state index is 2.29. The fourth-order valence-corrected chi connectivity index (χ4v) is 4.43. The molecule has 0 saturated heterocycles. The van der Waals surface area contributed by atoms with Crippen molar-refractivity contribution in [3.8, 4) is 22.3 Å². The Hall–Kier alpha value is -2.77. The van der Waals surface area contributed by atoms with Crippen molar-refractivity contribution in [3.05, 3.63) is 108 Å². The van der Waals surface area contributed by atoms with Crippen LogP contribution in [0.3, 0.4) is 0 Å². The van der Waals surface area contributed by atoms with E-state index in [1.807, 2.05) is 11.8 Å². The summed E-state index contributed by atoms with van der Waals surface area (Å²) < 4.78 is 0. The Balaban J connectivity index is 1.58. The number of rotatable bonds is 4. The van der Waals surface area contributed by atoms with Gasteiger partial charge in [-0.05, 0) is 71.5 Å². The van der Waals surface area contributed by atoms with Gasteiger partial charge in [0.05, 0.1) is 0 Å².